The van der Waals surface area contributed by atoms with Crippen molar-refractivity contribution in [3.05, 3.63) is 90.5 Å². The standard InChI is InChI=1S/C20H22N2/c1-3-7-18(8-4-1)11-12-20(16-22-14-13-21-17-22)15-19-9-5-2-6-10-19/h1-10,13-14,17,20H,11-12,15-16H2. The van der Waals surface area contributed by atoms with Gasteiger partial charge >= 0.3 is 0 Å². The Morgan fingerprint density at radius 1 is 0.864 bits per heavy atom. The van der Waals surface area contributed by atoms with Gasteiger partial charge in [0.15, 0.2) is 0 Å². The van der Waals surface area contributed by atoms with Gasteiger partial charge in [-0.2, -0.15) is 0 Å². The Morgan fingerprint density at radius 2 is 1.55 bits per heavy atom. The second-order valence-electron chi connectivity index (χ2n) is 5.84. The molecule has 0 N–H and O–H groups in total. The Bertz CT molecular complexity index is 645. The first-order chi connectivity index (χ1) is 10.9. The highest BCUT2D eigenvalue weighted by atomic mass is 15.0. The van der Waals surface area contributed by atoms with E-state index >= 15 is 0 Å². The zero-order chi connectivity index (χ0) is 15.0. The van der Waals surface area contributed by atoms with Crippen molar-refractivity contribution < 1.29 is 0 Å². The van der Waals surface area contributed by atoms with E-state index in [1.807, 2.05) is 12.5 Å². The van der Waals surface area contributed by atoms with Crippen LogP contribution in [0.3, 0.4) is 0 Å². The lowest BCUT2D eigenvalue weighted by Gasteiger charge is -2.18. The molecule has 1 unspecified atom stereocenters. The molecule has 0 aliphatic carbocycles. The van der Waals surface area contributed by atoms with Gasteiger partial charge in [-0.1, -0.05) is 60.7 Å². The fourth-order valence-corrected chi connectivity index (χ4v) is 2.91. The second-order valence-corrected chi connectivity index (χ2v) is 5.84. The summed E-state index contributed by atoms with van der Waals surface area (Å²) < 4.78 is 2.19. The zero-order valence-electron chi connectivity index (χ0n) is 12.8. The summed E-state index contributed by atoms with van der Waals surface area (Å²) in [5.74, 6) is 0.622. The molecule has 3 rings (SSSR count). The zero-order valence-corrected chi connectivity index (χ0v) is 12.8. The molecule has 3 aromatic rings. The van der Waals surface area contributed by atoms with Gasteiger partial charge in [0.25, 0.3) is 0 Å². The molecule has 2 nitrogen and oxygen atoms in total. The minimum atomic E-state index is 0.622. The smallest absolute Gasteiger partial charge is 0.0945 e. The van der Waals surface area contributed by atoms with E-state index in [-0.39, 0.29) is 0 Å². The molecular weight excluding hydrogens is 268 g/mol. The predicted octanol–water partition coefficient (Wildman–Crippen LogP) is 4.37. The minimum absolute atomic E-state index is 0.622. The summed E-state index contributed by atoms with van der Waals surface area (Å²) in [4.78, 5) is 4.16. The van der Waals surface area contributed by atoms with E-state index in [2.05, 4.69) is 76.4 Å². The van der Waals surface area contributed by atoms with Crippen LogP contribution in [-0.2, 0) is 19.4 Å². The van der Waals surface area contributed by atoms with Crippen molar-refractivity contribution >= 4 is 0 Å². The van der Waals surface area contributed by atoms with Gasteiger partial charge in [-0.15, -0.1) is 0 Å². The molecule has 1 heterocycles. The Kier molecular flexibility index (Phi) is 5.04. The Morgan fingerprint density at radius 3 is 2.18 bits per heavy atom. The summed E-state index contributed by atoms with van der Waals surface area (Å²) in [6, 6.07) is 21.5. The molecule has 0 saturated carbocycles. The van der Waals surface area contributed by atoms with E-state index < -0.39 is 0 Å². The van der Waals surface area contributed by atoms with Gasteiger partial charge in [0.2, 0.25) is 0 Å². The van der Waals surface area contributed by atoms with Crippen molar-refractivity contribution in [2.75, 3.05) is 0 Å². The third-order valence-electron chi connectivity index (χ3n) is 4.08. The monoisotopic (exact) mass is 290 g/mol. The van der Waals surface area contributed by atoms with E-state index in [9.17, 15) is 0 Å². The Balaban J connectivity index is 1.65. The van der Waals surface area contributed by atoms with Crippen LogP contribution in [0, 0.1) is 5.92 Å². The lowest BCUT2D eigenvalue weighted by molar-refractivity contribution is 0.412. The van der Waals surface area contributed by atoms with Crippen LogP contribution in [0.4, 0.5) is 0 Å². The quantitative estimate of drug-likeness (QED) is 0.631. The lowest BCUT2D eigenvalue weighted by Crippen LogP contribution is -2.13. The summed E-state index contributed by atoms with van der Waals surface area (Å²) in [6.07, 6.45) is 9.27. The molecule has 1 atom stereocenters. The topological polar surface area (TPSA) is 17.8 Å². The van der Waals surface area contributed by atoms with E-state index in [4.69, 9.17) is 0 Å². The van der Waals surface area contributed by atoms with Crippen molar-refractivity contribution in [1.29, 1.82) is 0 Å². The average molecular weight is 290 g/mol. The van der Waals surface area contributed by atoms with Gasteiger partial charge in [0.1, 0.15) is 0 Å². The van der Waals surface area contributed by atoms with E-state index in [0.717, 1.165) is 19.4 Å². The number of aryl methyl sites for hydroxylation is 1. The van der Waals surface area contributed by atoms with E-state index in [1.54, 1.807) is 0 Å². The molecule has 0 aliphatic rings. The van der Waals surface area contributed by atoms with Crippen molar-refractivity contribution in [3.8, 4) is 0 Å². The SMILES string of the molecule is c1ccc(CCC(Cc2ccccc2)Cn2ccnc2)cc1. The third kappa shape index (κ3) is 4.32. The Hall–Kier alpha value is -2.35. The summed E-state index contributed by atoms with van der Waals surface area (Å²) in [6.45, 7) is 1.03. The third-order valence-corrected chi connectivity index (χ3v) is 4.08. The average Bonchev–Trinajstić information content (AvgIpc) is 3.08. The van der Waals surface area contributed by atoms with Crippen LogP contribution in [0.15, 0.2) is 79.4 Å². The number of hydrogen-bond donors (Lipinski definition) is 0. The van der Waals surface area contributed by atoms with Gasteiger partial charge in [-0.3, -0.25) is 0 Å². The van der Waals surface area contributed by atoms with E-state index in [0.29, 0.717) is 5.92 Å². The molecule has 0 amide bonds. The second kappa shape index (κ2) is 7.60. The van der Waals surface area contributed by atoms with Crippen LogP contribution in [0.5, 0.6) is 0 Å². The number of benzene rings is 2. The molecule has 0 fully saturated rings. The number of rotatable bonds is 7. The van der Waals surface area contributed by atoms with Crippen molar-refractivity contribution in [3.63, 3.8) is 0 Å². The molecule has 0 aliphatic heterocycles. The van der Waals surface area contributed by atoms with Gasteiger partial charge < -0.3 is 4.57 Å². The summed E-state index contributed by atoms with van der Waals surface area (Å²) >= 11 is 0. The number of aromatic nitrogens is 2. The first-order valence-corrected chi connectivity index (χ1v) is 7.94. The molecule has 0 radical (unpaired) electrons. The normalized spacial score (nSPS) is 12.2. The molecule has 1 aromatic heterocycles. The molecule has 22 heavy (non-hydrogen) atoms. The maximum absolute atomic E-state index is 4.16. The van der Waals surface area contributed by atoms with E-state index in [1.165, 1.54) is 17.5 Å². The molecule has 2 aromatic carbocycles. The number of nitrogens with zero attached hydrogens (tertiary/aromatic N) is 2. The summed E-state index contributed by atoms with van der Waals surface area (Å²) in [7, 11) is 0. The first-order valence-electron chi connectivity index (χ1n) is 7.94. The summed E-state index contributed by atoms with van der Waals surface area (Å²) in [5, 5.41) is 0. The number of hydrogen-bond acceptors (Lipinski definition) is 1. The van der Waals surface area contributed by atoms with Gasteiger partial charge in [0.05, 0.1) is 6.33 Å². The number of imidazole rings is 1. The molecule has 0 bridgehead atoms. The van der Waals surface area contributed by atoms with Crippen molar-refractivity contribution in [2.45, 2.75) is 25.8 Å². The molecule has 2 heteroatoms. The predicted molar refractivity (Wildman–Crippen MR) is 90.6 cm³/mol. The highest BCUT2D eigenvalue weighted by Gasteiger charge is 2.11. The minimum Gasteiger partial charge on any atom is -0.337 e. The van der Waals surface area contributed by atoms with Gasteiger partial charge in [-0.05, 0) is 36.3 Å². The first kappa shape index (κ1) is 14.6. The van der Waals surface area contributed by atoms with Crippen LogP contribution in [0.1, 0.15) is 17.5 Å². The fourth-order valence-electron chi connectivity index (χ4n) is 2.91. The molecular formula is C20H22N2. The van der Waals surface area contributed by atoms with Crippen molar-refractivity contribution in [2.24, 2.45) is 5.92 Å². The maximum atomic E-state index is 4.16. The highest BCUT2D eigenvalue weighted by Crippen LogP contribution is 2.17. The highest BCUT2D eigenvalue weighted by molar-refractivity contribution is 5.17. The van der Waals surface area contributed by atoms with Crippen molar-refractivity contribution in [1.82, 2.24) is 9.55 Å². The molecule has 112 valence electrons. The Labute approximate surface area is 132 Å². The fraction of sp³-hybridized carbons (Fsp3) is 0.250. The maximum Gasteiger partial charge on any atom is 0.0945 e. The van der Waals surface area contributed by atoms with Crippen LogP contribution in [0.2, 0.25) is 0 Å². The van der Waals surface area contributed by atoms with Crippen LogP contribution >= 0.6 is 0 Å². The summed E-state index contributed by atoms with van der Waals surface area (Å²) in [5.41, 5.74) is 2.84. The van der Waals surface area contributed by atoms with Gasteiger partial charge in [-0.25, -0.2) is 4.98 Å². The van der Waals surface area contributed by atoms with Crippen LogP contribution < -0.4 is 0 Å². The van der Waals surface area contributed by atoms with Gasteiger partial charge in [0, 0.05) is 18.9 Å². The molecule has 0 spiro atoms. The van der Waals surface area contributed by atoms with Crippen LogP contribution in [0.25, 0.3) is 0 Å². The lowest BCUT2D eigenvalue weighted by atomic mass is 9.92. The largest absolute Gasteiger partial charge is 0.337 e. The molecule has 0 saturated heterocycles. The van der Waals surface area contributed by atoms with Crippen LogP contribution in [-0.4, -0.2) is 9.55 Å².